The van der Waals surface area contributed by atoms with Crippen LogP contribution in [0.15, 0.2) is 12.3 Å². The molecule has 0 radical (unpaired) electrons. The number of aryl methyl sites for hydroxylation is 1. The lowest BCUT2D eigenvalue weighted by molar-refractivity contribution is -0.384. The van der Waals surface area contributed by atoms with E-state index in [4.69, 9.17) is 5.11 Å². The first kappa shape index (κ1) is 17.2. The summed E-state index contributed by atoms with van der Waals surface area (Å²) in [6.45, 7) is 5.05. The van der Waals surface area contributed by atoms with Crippen LogP contribution in [0, 0.1) is 16.0 Å². The zero-order valence-electron chi connectivity index (χ0n) is 12.5. The average Bonchev–Trinajstić information content (AvgIpc) is 2.88. The third-order valence-corrected chi connectivity index (χ3v) is 3.46. The lowest BCUT2D eigenvalue weighted by atomic mass is 10.0. The lowest BCUT2D eigenvalue weighted by Crippen LogP contribution is -2.31. The van der Waals surface area contributed by atoms with Crippen molar-refractivity contribution < 1.29 is 14.8 Å². The van der Waals surface area contributed by atoms with Gasteiger partial charge in [-0.1, -0.05) is 20.3 Å². The molecule has 0 aliphatic rings. The third kappa shape index (κ3) is 4.86. The largest absolute Gasteiger partial charge is 0.396 e. The number of aliphatic hydroxyl groups is 1. The van der Waals surface area contributed by atoms with Crippen molar-refractivity contribution in [3.63, 3.8) is 0 Å². The maximum Gasteiger partial charge on any atom is 0.287 e. The highest BCUT2D eigenvalue weighted by molar-refractivity contribution is 5.93. The summed E-state index contributed by atoms with van der Waals surface area (Å²) in [6, 6.07) is 1.30. The van der Waals surface area contributed by atoms with Crippen molar-refractivity contribution in [1.29, 1.82) is 0 Å². The highest BCUT2D eigenvalue weighted by Gasteiger charge is 2.19. The number of carbonyl (C=O) groups is 1. The number of aromatic nitrogens is 1. The van der Waals surface area contributed by atoms with Crippen LogP contribution in [0.1, 0.15) is 43.6 Å². The smallest absolute Gasteiger partial charge is 0.287 e. The van der Waals surface area contributed by atoms with Crippen molar-refractivity contribution in [3.05, 3.63) is 28.1 Å². The molecule has 21 heavy (non-hydrogen) atoms. The Bertz CT molecular complexity index is 485. The van der Waals surface area contributed by atoms with Gasteiger partial charge in [-0.15, -0.1) is 0 Å². The number of rotatable bonds is 9. The molecule has 2 N–H and O–H groups in total. The zero-order chi connectivity index (χ0) is 15.8. The highest BCUT2D eigenvalue weighted by Crippen LogP contribution is 2.17. The van der Waals surface area contributed by atoms with Gasteiger partial charge in [0.05, 0.1) is 11.1 Å². The van der Waals surface area contributed by atoms with Crippen LogP contribution < -0.4 is 5.32 Å². The van der Waals surface area contributed by atoms with Gasteiger partial charge in [0.1, 0.15) is 5.69 Å². The molecule has 1 aromatic rings. The van der Waals surface area contributed by atoms with Crippen LogP contribution in [0.4, 0.5) is 5.69 Å². The van der Waals surface area contributed by atoms with E-state index in [1.165, 1.54) is 12.3 Å². The van der Waals surface area contributed by atoms with Gasteiger partial charge in [-0.05, 0) is 18.8 Å². The molecule has 1 rings (SSSR count). The molecule has 0 fully saturated rings. The zero-order valence-corrected chi connectivity index (χ0v) is 12.5. The first-order valence-electron chi connectivity index (χ1n) is 7.27. The van der Waals surface area contributed by atoms with Crippen molar-refractivity contribution in [2.24, 2.45) is 5.92 Å². The topological polar surface area (TPSA) is 97.4 Å². The second-order valence-electron chi connectivity index (χ2n) is 5.03. The van der Waals surface area contributed by atoms with Crippen LogP contribution in [-0.2, 0) is 6.54 Å². The normalized spacial score (nSPS) is 12.1. The Morgan fingerprint density at radius 1 is 1.52 bits per heavy atom. The van der Waals surface area contributed by atoms with Crippen LogP contribution >= 0.6 is 0 Å². The number of aliphatic hydroxyl groups excluding tert-OH is 1. The van der Waals surface area contributed by atoms with Gasteiger partial charge in [-0.3, -0.25) is 14.9 Å². The molecule has 0 aliphatic carbocycles. The predicted octanol–water partition coefficient (Wildman–Crippen LogP) is 1.94. The SMILES string of the molecule is CCCn1cc([N+](=O)[O-])cc1C(=O)NCC(CC)CCO. The Balaban J connectivity index is 2.78. The van der Waals surface area contributed by atoms with E-state index in [-0.39, 0.29) is 24.1 Å². The fourth-order valence-electron chi connectivity index (χ4n) is 2.17. The maximum atomic E-state index is 12.2. The fraction of sp³-hybridized carbons (Fsp3) is 0.643. The quantitative estimate of drug-likeness (QED) is 0.537. The third-order valence-electron chi connectivity index (χ3n) is 3.46. The first-order chi connectivity index (χ1) is 10.0. The Hall–Kier alpha value is -1.89. The Labute approximate surface area is 124 Å². The number of nitrogens with one attached hydrogen (secondary N) is 1. The summed E-state index contributed by atoms with van der Waals surface area (Å²) in [6.07, 6.45) is 3.67. The summed E-state index contributed by atoms with van der Waals surface area (Å²) < 4.78 is 1.61. The summed E-state index contributed by atoms with van der Waals surface area (Å²) in [4.78, 5) is 22.5. The minimum Gasteiger partial charge on any atom is -0.396 e. The monoisotopic (exact) mass is 297 g/mol. The molecule has 118 valence electrons. The van der Waals surface area contributed by atoms with Crippen molar-refractivity contribution in [3.8, 4) is 0 Å². The van der Waals surface area contributed by atoms with E-state index in [2.05, 4.69) is 5.32 Å². The highest BCUT2D eigenvalue weighted by atomic mass is 16.6. The summed E-state index contributed by atoms with van der Waals surface area (Å²) in [5.74, 6) is -0.100. The first-order valence-corrected chi connectivity index (χ1v) is 7.27. The number of carbonyl (C=O) groups excluding carboxylic acids is 1. The summed E-state index contributed by atoms with van der Waals surface area (Å²) >= 11 is 0. The molecule has 1 heterocycles. The molecule has 0 aliphatic heterocycles. The van der Waals surface area contributed by atoms with E-state index in [0.717, 1.165) is 12.8 Å². The van der Waals surface area contributed by atoms with Crippen molar-refractivity contribution in [1.82, 2.24) is 9.88 Å². The van der Waals surface area contributed by atoms with E-state index in [1.54, 1.807) is 4.57 Å². The van der Waals surface area contributed by atoms with Gasteiger partial charge >= 0.3 is 0 Å². The van der Waals surface area contributed by atoms with Crippen LogP contribution in [0.5, 0.6) is 0 Å². The summed E-state index contributed by atoms with van der Waals surface area (Å²) in [5, 5.41) is 22.6. The molecular weight excluding hydrogens is 274 g/mol. The van der Waals surface area contributed by atoms with Gasteiger partial charge in [0.25, 0.3) is 11.6 Å². The molecule has 7 nitrogen and oxygen atoms in total. The van der Waals surface area contributed by atoms with Crippen molar-refractivity contribution >= 4 is 11.6 Å². The summed E-state index contributed by atoms with van der Waals surface area (Å²) in [5.41, 5.74) is 0.235. The molecule has 1 amide bonds. The molecule has 1 atom stereocenters. The number of amides is 1. The van der Waals surface area contributed by atoms with E-state index < -0.39 is 4.92 Å². The number of hydrogen-bond acceptors (Lipinski definition) is 4. The lowest BCUT2D eigenvalue weighted by Gasteiger charge is -2.14. The molecule has 0 saturated heterocycles. The van der Waals surface area contributed by atoms with Crippen molar-refractivity contribution in [2.45, 2.75) is 39.7 Å². The van der Waals surface area contributed by atoms with E-state index in [1.807, 2.05) is 13.8 Å². The van der Waals surface area contributed by atoms with E-state index >= 15 is 0 Å². The van der Waals surface area contributed by atoms with Gasteiger partial charge in [-0.2, -0.15) is 0 Å². The fourth-order valence-corrected chi connectivity index (χ4v) is 2.17. The second kappa shape index (κ2) is 8.41. The molecule has 0 bridgehead atoms. The molecule has 0 aromatic carbocycles. The van der Waals surface area contributed by atoms with Crippen molar-refractivity contribution in [2.75, 3.05) is 13.2 Å². The second-order valence-corrected chi connectivity index (χ2v) is 5.03. The Kier molecular flexibility index (Phi) is 6.87. The minimum absolute atomic E-state index is 0.0731. The molecule has 1 unspecified atom stereocenters. The van der Waals surface area contributed by atoms with Gasteiger partial charge in [-0.25, -0.2) is 0 Å². The Morgan fingerprint density at radius 3 is 2.76 bits per heavy atom. The Morgan fingerprint density at radius 2 is 2.24 bits per heavy atom. The van der Waals surface area contributed by atoms with Crippen LogP contribution in [-0.4, -0.2) is 33.7 Å². The van der Waals surface area contributed by atoms with Gasteiger partial charge in [0.15, 0.2) is 0 Å². The van der Waals surface area contributed by atoms with Crippen LogP contribution in [0.25, 0.3) is 0 Å². The number of nitro groups is 1. The summed E-state index contributed by atoms with van der Waals surface area (Å²) in [7, 11) is 0. The van der Waals surface area contributed by atoms with Gasteiger partial charge in [0.2, 0.25) is 0 Å². The minimum atomic E-state index is -0.496. The van der Waals surface area contributed by atoms with Gasteiger partial charge in [0, 0.05) is 25.8 Å². The molecule has 0 spiro atoms. The number of nitrogens with zero attached hydrogens (tertiary/aromatic N) is 2. The molecule has 1 aromatic heterocycles. The molecule has 0 saturated carbocycles. The number of hydrogen-bond donors (Lipinski definition) is 2. The molecular formula is C14H23N3O4. The predicted molar refractivity (Wildman–Crippen MR) is 79.2 cm³/mol. The maximum absolute atomic E-state index is 12.2. The van der Waals surface area contributed by atoms with Crippen LogP contribution in [0.3, 0.4) is 0 Å². The van der Waals surface area contributed by atoms with Gasteiger partial charge < -0.3 is 15.0 Å². The van der Waals surface area contributed by atoms with E-state index in [9.17, 15) is 14.9 Å². The standard InChI is InChI=1S/C14H23N3O4/c1-3-6-16-10-12(17(20)21)8-13(16)14(19)15-9-11(4-2)5-7-18/h8,10-11,18H,3-7,9H2,1-2H3,(H,15,19). The van der Waals surface area contributed by atoms with E-state index in [0.29, 0.717) is 25.2 Å². The van der Waals surface area contributed by atoms with Crippen LogP contribution in [0.2, 0.25) is 0 Å². The molecule has 7 heteroatoms. The average molecular weight is 297 g/mol.